The fraction of sp³-hybridized carbons (Fsp3) is 0.158. The molecule has 0 spiro atoms. The average Bonchev–Trinajstić information content (AvgIpc) is 3.06. The molecule has 0 saturated carbocycles. The Morgan fingerprint density at radius 1 is 1.00 bits per heavy atom. The van der Waals surface area contributed by atoms with E-state index in [1.165, 1.54) is 48.7 Å². The maximum atomic E-state index is 14.4. The van der Waals surface area contributed by atoms with E-state index in [9.17, 15) is 21.2 Å². The molecule has 0 unspecified atom stereocenters. The SMILES string of the molecule is CNCc1cc(-c2ccccc2F)n(S(=O)(=O)c2cccc(NS(C)(=O)=O)c2)c1. The van der Waals surface area contributed by atoms with Crippen molar-refractivity contribution < 1.29 is 21.2 Å². The number of nitrogens with zero attached hydrogens (tertiary/aromatic N) is 1. The molecule has 0 aliphatic heterocycles. The van der Waals surface area contributed by atoms with Crippen molar-refractivity contribution >= 4 is 25.7 Å². The highest BCUT2D eigenvalue weighted by molar-refractivity contribution is 7.92. The van der Waals surface area contributed by atoms with Gasteiger partial charge in [0.2, 0.25) is 10.0 Å². The molecular weight excluding hydrogens is 417 g/mol. The first kappa shape index (κ1) is 21.0. The zero-order valence-electron chi connectivity index (χ0n) is 15.8. The number of hydrogen-bond acceptors (Lipinski definition) is 5. The Bertz CT molecular complexity index is 1250. The number of rotatable bonds is 7. The number of halogens is 1. The van der Waals surface area contributed by atoms with E-state index in [0.717, 1.165) is 10.2 Å². The largest absolute Gasteiger partial charge is 0.316 e. The number of benzene rings is 2. The highest BCUT2D eigenvalue weighted by Crippen LogP contribution is 2.29. The molecule has 0 atom stereocenters. The second-order valence-corrected chi connectivity index (χ2v) is 10.0. The van der Waals surface area contributed by atoms with Gasteiger partial charge in [0.05, 0.1) is 16.8 Å². The minimum Gasteiger partial charge on any atom is -0.316 e. The smallest absolute Gasteiger partial charge is 0.268 e. The van der Waals surface area contributed by atoms with Crippen LogP contribution >= 0.6 is 0 Å². The van der Waals surface area contributed by atoms with Gasteiger partial charge in [0.1, 0.15) is 5.82 Å². The van der Waals surface area contributed by atoms with Crippen molar-refractivity contribution in [2.75, 3.05) is 18.0 Å². The topological polar surface area (TPSA) is 97.3 Å². The van der Waals surface area contributed by atoms with Gasteiger partial charge in [-0.1, -0.05) is 18.2 Å². The molecule has 3 rings (SSSR count). The summed E-state index contributed by atoms with van der Waals surface area (Å²) in [5.74, 6) is -0.550. The number of sulfonamides is 1. The van der Waals surface area contributed by atoms with Crippen LogP contribution in [0.25, 0.3) is 11.3 Å². The van der Waals surface area contributed by atoms with Crippen LogP contribution in [0.5, 0.6) is 0 Å². The summed E-state index contributed by atoms with van der Waals surface area (Å²) < 4.78 is 67.2. The van der Waals surface area contributed by atoms with Crippen molar-refractivity contribution in [2.24, 2.45) is 0 Å². The molecule has 2 N–H and O–H groups in total. The van der Waals surface area contributed by atoms with Crippen molar-refractivity contribution in [3.05, 3.63) is 72.2 Å². The van der Waals surface area contributed by atoms with Crippen LogP contribution in [0.15, 0.2) is 65.7 Å². The van der Waals surface area contributed by atoms with Crippen molar-refractivity contribution in [2.45, 2.75) is 11.4 Å². The van der Waals surface area contributed by atoms with Crippen molar-refractivity contribution in [1.82, 2.24) is 9.29 Å². The molecule has 0 fully saturated rings. The predicted octanol–water partition coefficient (Wildman–Crippen LogP) is 2.62. The van der Waals surface area contributed by atoms with Crippen molar-refractivity contribution in [3.8, 4) is 11.3 Å². The van der Waals surface area contributed by atoms with Crippen LogP contribution in [0, 0.1) is 5.82 Å². The Labute approximate surface area is 169 Å². The second kappa shape index (κ2) is 7.97. The first-order chi connectivity index (χ1) is 13.6. The summed E-state index contributed by atoms with van der Waals surface area (Å²) in [7, 11) is -5.98. The monoisotopic (exact) mass is 437 g/mol. The van der Waals surface area contributed by atoms with Crippen LogP contribution in [-0.4, -0.2) is 34.1 Å². The van der Waals surface area contributed by atoms with Gasteiger partial charge in [-0.25, -0.2) is 25.2 Å². The zero-order valence-corrected chi connectivity index (χ0v) is 17.4. The Hall–Kier alpha value is -2.69. The summed E-state index contributed by atoms with van der Waals surface area (Å²) in [5, 5.41) is 2.94. The molecule has 0 radical (unpaired) electrons. The summed E-state index contributed by atoms with van der Waals surface area (Å²) in [6, 6.07) is 13.0. The molecule has 10 heteroatoms. The molecule has 2 aromatic carbocycles. The van der Waals surface area contributed by atoms with E-state index < -0.39 is 25.9 Å². The first-order valence-electron chi connectivity index (χ1n) is 8.56. The molecule has 1 aromatic heterocycles. The van der Waals surface area contributed by atoms with E-state index in [0.29, 0.717) is 12.1 Å². The molecule has 0 saturated heterocycles. The molecule has 0 amide bonds. The molecule has 0 bridgehead atoms. The third kappa shape index (κ3) is 4.66. The van der Waals surface area contributed by atoms with Gasteiger partial charge in [-0.15, -0.1) is 0 Å². The standard InChI is InChI=1S/C19H20FN3O4S2/c1-21-12-14-10-19(17-8-3-4-9-18(17)20)23(13-14)29(26,27)16-7-5-6-15(11-16)22-28(2,24)25/h3-11,13,21-22H,12H2,1-2H3. The Balaban J connectivity index is 2.17. The molecule has 0 aliphatic rings. The molecule has 154 valence electrons. The average molecular weight is 438 g/mol. The number of hydrogen-bond donors (Lipinski definition) is 2. The second-order valence-electron chi connectivity index (χ2n) is 6.45. The van der Waals surface area contributed by atoms with Gasteiger partial charge in [-0.3, -0.25) is 4.72 Å². The summed E-state index contributed by atoms with van der Waals surface area (Å²) in [5.41, 5.74) is 1.09. The molecule has 3 aromatic rings. The lowest BCUT2D eigenvalue weighted by Gasteiger charge is -2.12. The van der Waals surface area contributed by atoms with Crippen LogP contribution < -0.4 is 10.0 Å². The van der Waals surface area contributed by atoms with Crippen LogP contribution in [-0.2, 0) is 26.6 Å². The van der Waals surface area contributed by atoms with Crippen LogP contribution in [0.4, 0.5) is 10.1 Å². The third-order valence-corrected chi connectivity index (χ3v) is 6.34. The maximum Gasteiger partial charge on any atom is 0.268 e. The van der Waals surface area contributed by atoms with E-state index in [2.05, 4.69) is 10.0 Å². The van der Waals surface area contributed by atoms with Gasteiger partial charge in [0, 0.05) is 24.0 Å². The molecule has 7 nitrogen and oxygen atoms in total. The minimum atomic E-state index is -4.12. The summed E-state index contributed by atoms with van der Waals surface area (Å²) in [6.45, 7) is 0.389. The molecule has 1 heterocycles. The quantitative estimate of drug-likeness (QED) is 0.592. The first-order valence-corrected chi connectivity index (χ1v) is 11.9. The summed E-state index contributed by atoms with van der Waals surface area (Å²) in [4.78, 5) is -0.129. The van der Waals surface area contributed by atoms with Crippen LogP contribution in [0.2, 0.25) is 0 Å². The maximum absolute atomic E-state index is 14.4. The lowest BCUT2D eigenvalue weighted by molar-refractivity contribution is 0.587. The van der Waals surface area contributed by atoms with Gasteiger partial charge in [0.15, 0.2) is 0 Å². The third-order valence-electron chi connectivity index (χ3n) is 4.07. The number of anilines is 1. The normalized spacial score (nSPS) is 12.1. The van der Waals surface area contributed by atoms with Gasteiger partial charge in [-0.2, -0.15) is 0 Å². The highest BCUT2D eigenvalue weighted by atomic mass is 32.2. The fourth-order valence-corrected chi connectivity index (χ4v) is 4.90. The molecular formula is C19H20FN3O4S2. The molecule has 29 heavy (non-hydrogen) atoms. The Kier molecular flexibility index (Phi) is 5.78. The predicted molar refractivity (Wildman–Crippen MR) is 110 cm³/mol. The van der Waals surface area contributed by atoms with E-state index in [1.54, 1.807) is 19.2 Å². The van der Waals surface area contributed by atoms with Crippen LogP contribution in [0.1, 0.15) is 5.56 Å². The Morgan fingerprint density at radius 3 is 2.38 bits per heavy atom. The summed E-state index contributed by atoms with van der Waals surface area (Å²) >= 11 is 0. The Morgan fingerprint density at radius 2 is 1.72 bits per heavy atom. The van der Waals surface area contributed by atoms with Crippen molar-refractivity contribution in [3.63, 3.8) is 0 Å². The van der Waals surface area contributed by atoms with Crippen molar-refractivity contribution in [1.29, 1.82) is 0 Å². The molecule has 0 aliphatic carbocycles. The van der Waals surface area contributed by atoms with Gasteiger partial charge < -0.3 is 5.32 Å². The highest BCUT2D eigenvalue weighted by Gasteiger charge is 2.23. The van der Waals surface area contributed by atoms with E-state index in [-0.39, 0.29) is 21.8 Å². The lowest BCUT2D eigenvalue weighted by atomic mass is 10.1. The zero-order chi connectivity index (χ0) is 21.2. The van der Waals surface area contributed by atoms with E-state index >= 15 is 0 Å². The lowest BCUT2D eigenvalue weighted by Crippen LogP contribution is -2.15. The van der Waals surface area contributed by atoms with E-state index in [4.69, 9.17) is 0 Å². The van der Waals surface area contributed by atoms with Gasteiger partial charge in [-0.05, 0) is 49.0 Å². The number of aromatic nitrogens is 1. The van der Waals surface area contributed by atoms with E-state index in [1.807, 2.05) is 0 Å². The van der Waals surface area contributed by atoms with Gasteiger partial charge in [0.25, 0.3) is 10.0 Å². The fourth-order valence-electron chi connectivity index (χ4n) is 2.91. The van der Waals surface area contributed by atoms with Gasteiger partial charge >= 0.3 is 0 Å². The number of nitrogens with one attached hydrogen (secondary N) is 2. The summed E-state index contributed by atoms with van der Waals surface area (Å²) in [6.07, 6.45) is 2.39. The van der Waals surface area contributed by atoms with Crippen LogP contribution in [0.3, 0.4) is 0 Å². The minimum absolute atomic E-state index is 0.114.